The molecule has 0 aromatic heterocycles. The topological polar surface area (TPSA) is 110 Å². The van der Waals surface area contributed by atoms with Gasteiger partial charge in [-0.2, -0.15) is 0 Å². The van der Waals surface area contributed by atoms with Crippen molar-refractivity contribution in [2.24, 2.45) is 0 Å². The third-order valence-electron chi connectivity index (χ3n) is 4.40. The van der Waals surface area contributed by atoms with Crippen LogP contribution in [0.5, 0.6) is 0 Å². The summed E-state index contributed by atoms with van der Waals surface area (Å²) in [5.74, 6) is -0.634. The van der Waals surface area contributed by atoms with Crippen molar-refractivity contribution in [2.75, 3.05) is 16.2 Å². The Hall–Kier alpha value is -3.17. The lowest BCUT2D eigenvalue weighted by molar-refractivity contribution is -0.384. The molecule has 0 saturated carbocycles. The molecule has 0 aliphatic carbocycles. The molecule has 1 N–H and O–H groups in total. The summed E-state index contributed by atoms with van der Waals surface area (Å²) in [6, 6.07) is 13.9. The number of nitro groups is 1. The fraction of sp³-hybridized carbons (Fsp3) is 0.0556. The van der Waals surface area contributed by atoms with Gasteiger partial charge in [0.25, 0.3) is 15.7 Å². The lowest BCUT2D eigenvalue weighted by Crippen LogP contribution is -2.35. The van der Waals surface area contributed by atoms with Gasteiger partial charge >= 0.3 is 0 Å². The molecular formula is C18H12ClN3O5S. The van der Waals surface area contributed by atoms with E-state index in [0.717, 1.165) is 15.8 Å². The second-order valence-electron chi connectivity index (χ2n) is 6.11. The number of carbonyl (C=O) groups is 1. The van der Waals surface area contributed by atoms with Crippen LogP contribution in [0, 0.1) is 10.1 Å². The van der Waals surface area contributed by atoms with Gasteiger partial charge in [0.2, 0.25) is 5.91 Å². The molecule has 28 heavy (non-hydrogen) atoms. The largest absolute Gasteiger partial charge is 0.324 e. The van der Waals surface area contributed by atoms with E-state index in [1.54, 1.807) is 30.3 Å². The Balaban J connectivity index is 1.64. The van der Waals surface area contributed by atoms with Crippen molar-refractivity contribution in [3.8, 4) is 0 Å². The van der Waals surface area contributed by atoms with Crippen LogP contribution < -0.4 is 9.62 Å². The van der Waals surface area contributed by atoms with Crippen molar-refractivity contribution in [1.82, 2.24) is 0 Å². The average Bonchev–Trinajstić information content (AvgIpc) is 2.86. The van der Waals surface area contributed by atoms with Crippen LogP contribution in [-0.4, -0.2) is 25.8 Å². The molecule has 3 aromatic rings. The fourth-order valence-corrected chi connectivity index (χ4v) is 5.04. The molecule has 1 aliphatic heterocycles. The molecule has 0 fully saturated rings. The van der Waals surface area contributed by atoms with E-state index in [2.05, 4.69) is 5.32 Å². The molecule has 8 nitrogen and oxygen atoms in total. The van der Waals surface area contributed by atoms with Gasteiger partial charge in [-0.15, -0.1) is 0 Å². The van der Waals surface area contributed by atoms with E-state index in [4.69, 9.17) is 11.6 Å². The average molecular weight is 418 g/mol. The van der Waals surface area contributed by atoms with E-state index in [9.17, 15) is 23.3 Å². The van der Waals surface area contributed by atoms with Gasteiger partial charge in [0.1, 0.15) is 11.6 Å². The van der Waals surface area contributed by atoms with E-state index in [-0.39, 0.29) is 21.3 Å². The molecule has 10 heteroatoms. The number of nitrogens with one attached hydrogen (secondary N) is 1. The summed E-state index contributed by atoms with van der Waals surface area (Å²) in [6.07, 6.45) is 0. The number of benzene rings is 3. The van der Waals surface area contributed by atoms with Crippen molar-refractivity contribution in [2.45, 2.75) is 4.90 Å². The van der Waals surface area contributed by atoms with Crippen molar-refractivity contribution >= 4 is 55.4 Å². The first-order chi connectivity index (χ1) is 13.3. The maximum absolute atomic E-state index is 12.9. The number of sulfonamides is 1. The van der Waals surface area contributed by atoms with Crippen LogP contribution in [-0.2, 0) is 14.8 Å². The zero-order valence-electron chi connectivity index (χ0n) is 14.1. The normalized spacial score (nSPS) is 14.2. The highest BCUT2D eigenvalue weighted by Crippen LogP contribution is 2.41. The number of hydrogen-bond donors (Lipinski definition) is 1. The van der Waals surface area contributed by atoms with Crippen LogP contribution in [0.25, 0.3) is 10.8 Å². The number of halogens is 1. The lowest BCUT2D eigenvalue weighted by Gasteiger charge is -2.18. The van der Waals surface area contributed by atoms with Gasteiger partial charge in [-0.05, 0) is 29.7 Å². The fourth-order valence-electron chi connectivity index (χ4n) is 3.19. The number of nitrogens with zero attached hydrogens (tertiary/aromatic N) is 2. The highest BCUT2D eigenvalue weighted by molar-refractivity contribution is 7.93. The van der Waals surface area contributed by atoms with Gasteiger partial charge in [0, 0.05) is 17.1 Å². The summed E-state index contributed by atoms with van der Waals surface area (Å²) in [6.45, 7) is -0.466. The second kappa shape index (κ2) is 6.47. The highest BCUT2D eigenvalue weighted by Gasteiger charge is 2.36. The van der Waals surface area contributed by atoms with Crippen LogP contribution in [0.1, 0.15) is 0 Å². The molecule has 0 bridgehead atoms. The van der Waals surface area contributed by atoms with Gasteiger partial charge in [0.15, 0.2) is 0 Å². The van der Waals surface area contributed by atoms with Crippen LogP contribution >= 0.6 is 11.6 Å². The van der Waals surface area contributed by atoms with Crippen LogP contribution in [0.2, 0.25) is 5.02 Å². The number of rotatable bonds is 4. The molecule has 1 heterocycles. The summed E-state index contributed by atoms with van der Waals surface area (Å²) >= 11 is 5.76. The molecular weight excluding hydrogens is 406 g/mol. The number of anilines is 2. The molecule has 4 rings (SSSR count). The molecule has 0 atom stereocenters. The Kier molecular flexibility index (Phi) is 4.20. The first-order valence-corrected chi connectivity index (χ1v) is 9.89. The highest BCUT2D eigenvalue weighted by atomic mass is 35.5. The lowest BCUT2D eigenvalue weighted by atomic mass is 10.1. The molecule has 0 unspecified atom stereocenters. The number of nitro benzene ring substituents is 1. The minimum atomic E-state index is -3.87. The second-order valence-corrected chi connectivity index (χ2v) is 8.35. The molecule has 1 aliphatic rings. The zero-order chi connectivity index (χ0) is 20.1. The van der Waals surface area contributed by atoms with Crippen molar-refractivity contribution in [3.05, 3.63) is 69.7 Å². The third kappa shape index (κ3) is 2.85. The third-order valence-corrected chi connectivity index (χ3v) is 6.52. The summed E-state index contributed by atoms with van der Waals surface area (Å²) in [4.78, 5) is 22.9. The molecule has 0 radical (unpaired) electrons. The maximum Gasteiger partial charge on any atom is 0.289 e. The predicted molar refractivity (Wildman–Crippen MR) is 105 cm³/mol. The van der Waals surface area contributed by atoms with E-state index < -0.39 is 27.4 Å². The summed E-state index contributed by atoms with van der Waals surface area (Å²) in [5.41, 5.74) is 0.212. The SMILES string of the molecule is O=C(CN1c2cccc3cccc(c23)S1(=O)=O)Nc1ccc(Cl)c([N+](=O)[O-])c1. The summed E-state index contributed by atoms with van der Waals surface area (Å²) in [5, 5.41) is 14.7. The number of carbonyl (C=O) groups excluding carboxylic acids is 1. The number of amides is 1. The van der Waals surface area contributed by atoms with E-state index >= 15 is 0 Å². The van der Waals surface area contributed by atoms with Crippen LogP contribution in [0.15, 0.2) is 59.5 Å². The van der Waals surface area contributed by atoms with Crippen LogP contribution in [0.4, 0.5) is 17.1 Å². The van der Waals surface area contributed by atoms with E-state index in [1.807, 2.05) is 0 Å². The summed E-state index contributed by atoms with van der Waals surface area (Å²) < 4.78 is 26.8. The van der Waals surface area contributed by atoms with E-state index in [0.29, 0.717) is 11.1 Å². The van der Waals surface area contributed by atoms with Gasteiger partial charge in [-0.1, -0.05) is 35.9 Å². The quantitative estimate of drug-likeness (QED) is 0.515. The van der Waals surface area contributed by atoms with Crippen molar-refractivity contribution in [1.29, 1.82) is 0 Å². The van der Waals surface area contributed by atoms with Crippen molar-refractivity contribution in [3.63, 3.8) is 0 Å². The Bertz CT molecular complexity index is 1250. The zero-order valence-corrected chi connectivity index (χ0v) is 15.7. The van der Waals surface area contributed by atoms with Gasteiger partial charge in [-0.3, -0.25) is 19.2 Å². The molecule has 0 saturated heterocycles. The molecule has 0 spiro atoms. The minimum absolute atomic E-state index is 0.0627. The molecule has 142 valence electrons. The smallest absolute Gasteiger partial charge is 0.289 e. The first-order valence-electron chi connectivity index (χ1n) is 8.07. The molecule has 1 amide bonds. The summed E-state index contributed by atoms with van der Waals surface area (Å²) in [7, 11) is -3.87. The number of hydrogen-bond acceptors (Lipinski definition) is 5. The Morgan fingerprint density at radius 1 is 1.14 bits per heavy atom. The Morgan fingerprint density at radius 2 is 1.86 bits per heavy atom. The predicted octanol–water partition coefficient (Wildman–Crippen LogP) is 3.55. The first kappa shape index (κ1) is 18.2. The van der Waals surface area contributed by atoms with Gasteiger partial charge in [-0.25, -0.2) is 8.42 Å². The monoisotopic (exact) mass is 417 g/mol. The Labute approximate surface area is 164 Å². The van der Waals surface area contributed by atoms with Crippen LogP contribution in [0.3, 0.4) is 0 Å². The maximum atomic E-state index is 12.9. The van der Waals surface area contributed by atoms with E-state index in [1.165, 1.54) is 18.2 Å². The van der Waals surface area contributed by atoms with Gasteiger partial charge < -0.3 is 5.32 Å². The standard InChI is InChI=1S/C18H12ClN3O5S/c19-13-8-7-12(9-15(13)22(24)25)20-17(23)10-21-14-5-1-3-11-4-2-6-16(18(11)14)28(21,26)27/h1-9H,10H2,(H,20,23). The minimum Gasteiger partial charge on any atom is -0.324 e. The van der Waals surface area contributed by atoms with Crippen molar-refractivity contribution < 1.29 is 18.1 Å². The van der Waals surface area contributed by atoms with Gasteiger partial charge in [0.05, 0.1) is 15.5 Å². The Morgan fingerprint density at radius 3 is 2.57 bits per heavy atom. The molecule has 3 aromatic carbocycles.